The van der Waals surface area contributed by atoms with Gasteiger partial charge in [-0.25, -0.2) is 19.8 Å². The summed E-state index contributed by atoms with van der Waals surface area (Å²) in [6.07, 6.45) is 3.69. The topological polar surface area (TPSA) is 135 Å². The van der Waals surface area contributed by atoms with Crippen LogP contribution in [-0.4, -0.2) is 35.0 Å². The van der Waals surface area contributed by atoms with Crippen molar-refractivity contribution < 1.29 is 22.5 Å². The summed E-state index contributed by atoms with van der Waals surface area (Å²) in [6, 6.07) is 10.5. The van der Waals surface area contributed by atoms with Gasteiger partial charge in [0, 0.05) is 31.1 Å². The second-order valence-corrected chi connectivity index (χ2v) is 7.87. The number of nitrogens with one attached hydrogen (secondary N) is 1. The van der Waals surface area contributed by atoms with Crippen LogP contribution in [0.25, 0.3) is 5.69 Å². The van der Waals surface area contributed by atoms with Gasteiger partial charge in [0.2, 0.25) is 5.79 Å². The van der Waals surface area contributed by atoms with Gasteiger partial charge < -0.3 is 13.9 Å². The molecule has 1 unspecified atom stereocenters. The van der Waals surface area contributed by atoms with Gasteiger partial charge in [-0.1, -0.05) is 0 Å². The van der Waals surface area contributed by atoms with Crippen LogP contribution in [0, 0.1) is 0 Å². The predicted octanol–water partition coefficient (Wildman–Crippen LogP) is 0.834. The average molecular weight is 413 g/mol. The Balaban J connectivity index is 1.59. The van der Waals surface area contributed by atoms with Gasteiger partial charge in [-0.05, 0) is 36.4 Å². The molecule has 11 heteroatoms. The Morgan fingerprint density at radius 1 is 1.14 bits per heavy atom. The van der Waals surface area contributed by atoms with Gasteiger partial charge in [-0.2, -0.15) is 8.42 Å². The Hall–Kier alpha value is -3.73. The number of carbonyl (C=O) groups is 1. The van der Waals surface area contributed by atoms with Crippen molar-refractivity contribution in [1.29, 1.82) is 0 Å². The summed E-state index contributed by atoms with van der Waals surface area (Å²) in [5.74, 6) is -1.32. The zero-order valence-corrected chi connectivity index (χ0v) is 15.9. The highest BCUT2D eigenvalue weighted by molar-refractivity contribution is 7.87. The number of rotatable bonds is 5. The van der Waals surface area contributed by atoms with Crippen molar-refractivity contribution >= 4 is 16.2 Å². The highest BCUT2D eigenvalue weighted by atomic mass is 32.2. The third-order valence-corrected chi connectivity index (χ3v) is 5.36. The molecule has 1 atom stereocenters. The Kier molecular flexibility index (Phi) is 4.31. The fourth-order valence-electron chi connectivity index (χ4n) is 2.86. The molecule has 1 amide bonds. The van der Waals surface area contributed by atoms with E-state index in [1.807, 2.05) is 0 Å². The van der Waals surface area contributed by atoms with Gasteiger partial charge in [0.25, 0.3) is 0 Å². The molecule has 4 rings (SSSR count). The summed E-state index contributed by atoms with van der Waals surface area (Å²) in [7, 11) is -4.07. The number of hydrogen-bond donors (Lipinski definition) is 2. The molecular weight excluding hydrogens is 398 g/mol. The number of imidazole rings is 1. The van der Waals surface area contributed by atoms with E-state index < -0.39 is 22.0 Å². The number of aromatic nitrogens is 2. The second kappa shape index (κ2) is 6.71. The van der Waals surface area contributed by atoms with Gasteiger partial charge in [0.15, 0.2) is 0 Å². The molecule has 3 aromatic rings. The summed E-state index contributed by atoms with van der Waals surface area (Å²) in [6.45, 7) is 1.49. The molecule has 0 bridgehead atoms. The molecule has 2 N–H and O–H groups in total. The van der Waals surface area contributed by atoms with Crippen molar-refractivity contribution in [2.24, 2.45) is 9.98 Å². The molecule has 1 aliphatic rings. The lowest BCUT2D eigenvalue weighted by Crippen LogP contribution is -2.41. The molecule has 0 radical (unpaired) electrons. The van der Waals surface area contributed by atoms with Gasteiger partial charge in [-0.3, -0.25) is 5.32 Å². The Labute approximate surface area is 165 Å². The minimum atomic E-state index is -4.07. The van der Waals surface area contributed by atoms with Crippen LogP contribution in [0.4, 0.5) is 4.79 Å². The summed E-state index contributed by atoms with van der Waals surface area (Å²) >= 11 is 0. The summed E-state index contributed by atoms with van der Waals surface area (Å²) in [5.41, 5.74) is 0.754. The van der Waals surface area contributed by atoms with Crippen LogP contribution in [0.15, 0.2) is 76.1 Å². The van der Waals surface area contributed by atoms with E-state index >= 15 is 0 Å². The van der Waals surface area contributed by atoms with Gasteiger partial charge in [0.05, 0.1) is 17.0 Å². The Bertz CT molecular complexity index is 1300. The van der Waals surface area contributed by atoms with Crippen LogP contribution in [0.3, 0.4) is 0 Å². The van der Waals surface area contributed by atoms with Crippen LogP contribution in [0.1, 0.15) is 6.92 Å². The Morgan fingerprint density at radius 2 is 1.86 bits per heavy atom. The molecule has 1 aliphatic heterocycles. The lowest BCUT2D eigenvalue weighted by atomic mass is 10.3. The van der Waals surface area contributed by atoms with E-state index in [1.165, 1.54) is 37.3 Å². The monoisotopic (exact) mass is 413 g/mol. The first-order chi connectivity index (χ1) is 13.7. The van der Waals surface area contributed by atoms with Gasteiger partial charge >= 0.3 is 16.2 Å². The van der Waals surface area contributed by atoms with E-state index in [0.717, 1.165) is 5.69 Å². The number of carboxylic acid groups (broad SMARTS) is 1. The molecule has 0 fully saturated rings. The molecule has 0 aliphatic carbocycles. The maximum absolute atomic E-state index is 12.6. The number of nitrogens with zero attached hydrogens (tertiary/aromatic N) is 4. The van der Waals surface area contributed by atoms with E-state index in [0.29, 0.717) is 10.7 Å². The van der Waals surface area contributed by atoms with Crippen LogP contribution >= 0.6 is 0 Å². The third-order valence-electron chi connectivity index (χ3n) is 4.10. The zero-order chi connectivity index (χ0) is 20.6. The Morgan fingerprint density at radius 3 is 2.52 bits per heavy atom. The maximum atomic E-state index is 12.6. The van der Waals surface area contributed by atoms with Crippen LogP contribution in [-0.2, 0) is 10.1 Å². The molecule has 2 aromatic carbocycles. The first-order valence-electron chi connectivity index (χ1n) is 8.38. The number of fused-ring (bicyclic) bond motifs is 1. The van der Waals surface area contributed by atoms with Gasteiger partial charge in [0.1, 0.15) is 10.6 Å². The highest BCUT2D eigenvalue weighted by Crippen LogP contribution is 2.19. The molecule has 29 heavy (non-hydrogen) atoms. The molecular formula is C18H15N5O5S. The maximum Gasteiger partial charge on any atom is 0.408 e. The second-order valence-electron chi connectivity index (χ2n) is 6.33. The molecule has 0 spiro atoms. The molecule has 0 saturated carbocycles. The lowest BCUT2D eigenvalue weighted by molar-refractivity contribution is 0.182. The highest BCUT2D eigenvalue weighted by Gasteiger charge is 2.27. The molecule has 148 valence electrons. The number of amides is 1. The van der Waals surface area contributed by atoms with Crippen molar-refractivity contribution in [3.8, 4) is 11.4 Å². The van der Waals surface area contributed by atoms with E-state index in [1.54, 1.807) is 35.4 Å². The van der Waals surface area contributed by atoms with Crippen LogP contribution in [0.5, 0.6) is 5.75 Å². The van der Waals surface area contributed by atoms with Crippen LogP contribution < -0.4 is 20.2 Å². The fourth-order valence-corrected chi connectivity index (χ4v) is 3.79. The van der Waals surface area contributed by atoms with Crippen LogP contribution in [0.2, 0.25) is 0 Å². The number of benzene rings is 2. The standard InChI is InChI=1S/C18H15N5O5S/c1-18(22-17(24)25)20-15-7-4-13(10-16(15)21-18)28-29(26,27)14-5-2-12(3-6-14)23-9-8-19-11-23/h2-11,22H,1H3,(H,24,25). The normalized spacial score (nSPS) is 17.7. The van der Waals surface area contributed by atoms with Crippen molar-refractivity contribution in [3.63, 3.8) is 0 Å². The smallest absolute Gasteiger partial charge is 0.408 e. The third kappa shape index (κ3) is 3.80. The van der Waals surface area contributed by atoms with E-state index in [-0.39, 0.29) is 10.6 Å². The minimum absolute atomic E-state index is 0.0131. The lowest BCUT2D eigenvalue weighted by Gasteiger charge is -2.16. The molecule has 2 heterocycles. The van der Waals surface area contributed by atoms with Crippen molar-refractivity contribution in [2.45, 2.75) is 17.6 Å². The van der Waals surface area contributed by atoms with Crippen molar-refractivity contribution in [3.05, 3.63) is 71.9 Å². The number of hydrogen-bond acceptors (Lipinski definition) is 7. The molecule has 1 aromatic heterocycles. The quantitative estimate of drug-likeness (QED) is 0.595. The van der Waals surface area contributed by atoms with E-state index in [2.05, 4.69) is 20.3 Å². The average Bonchev–Trinajstić information content (AvgIpc) is 3.27. The van der Waals surface area contributed by atoms with Gasteiger partial charge in [-0.15, -0.1) is 0 Å². The summed E-state index contributed by atoms with van der Waals surface area (Å²) in [5, 5.41) is 11.8. The SMILES string of the molecule is CC1(NC(=O)O)N=c2ccc(OS(=O)(=O)c3ccc(-n4ccnc4)cc3)cc2=N1. The summed E-state index contributed by atoms with van der Waals surface area (Å²) < 4.78 is 32.1. The predicted molar refractivity (Wildman–Crippen MR) is 99.7 cm³/mol. The molecule has 10 nitrogen and oxygen atoms in total. The fraction of sp³-hybridized carbons (Fsp3) is 0.111. The zero-order valence-electron chi connectivity index (χ0n) is 15.1. The summed E-state index contributed by atoms with van der Waals surface area (Å²) in [4.78, 5) is 23.2. The van der Waals surface area contributed by atoms with E-state index in [4.69, 9.17) is 9.29 Å². The molecule has 0 saturated heterocycles. The minimum Gasteiger partial charge on any atom is -0.465 e. The van der Waals surface area contributed by atoms with E-state index in [9.17, 15) is 13.2 Å². The van der Waals surface area contributed by atoms with Crippen molar-refractivity contribution in [2.75, 3.05) is 0 Å². The van der Waals surface area contributed by atoms with Crippen molar-refractivity contribution in [1.82, 2.24) is 14.9 Å². The largest absolute Gasteiger partial charge is 0.465 e. The first-order valence-corrected chi connectivity index (χ1v) is 9.79. The first kappa shape index (κ1) is 18.6.